The predicted octanol–water partition coefficient (Wildman–Crippen LogP) is 7.87. The summed E-state index contributed by atoms with van der Waals surface area (Å²) in [6.45, 7) is 6.32. The molecule has 0 bridgehead atoms. The number of halogens is 4. The van der Waals surface area contributed by atoms with Crippen LogP contribution in [0.25, 0.3) is 22.2 Å². The van der Waals surface area contributed by atoms with Gasteiger partial charge >= 0.3 is 12.1 Å². The number of aromatic nitrogens is 2. The van der Waals surface area contributed by atoms with Crippen LogP contribution in [0.3, 0.4) is 0 Å². The topological polar surface area (TPSA) is 96.5 Å². The standard InChI is InChI=1S/C34H29F4N3O4/c1-19-20(2)40-27-15-25(35)16-39-30(27)29(19)31(42)41(18-26-12-13-28(45-26)34(36,37)38)17-21-8-10-22(11-9-21)23-6-5-7-24(14-23)33(3,4)32(43)44/h5-16H,17-18H2,1-4H3,(H,43,44). The highest BCUT2D eigenvalue weighted by atomic mass is 19.4. The van der Waals surface area contributed by atoms with Crippen molar-refractivity contribution in [2.24, 2.45) is 0 Å². The number of carboxylic acid groups (broad SMARTS) is 1. The van der Waals surface area contributed by atoms with E-state index in [1.54, 1.807) is 52.0 Å². The average Bonchev–Trinajstić information content (AvgIpc) is 3.47. The number of aryl methyl sites for hydroxylation is 1. The van der Waals surface area contributed by atoms with Crippen molar-refractivity contribution in [2.45, 2.75) is 52.4 Å². The summed E-state index contributed by atoms with van der Waals surface area (Å²) < 4.78 is 58.8. The zero-order chi connectivity index (χ0) is 32.7. The molecule has 7 nitrogen and oxygen atoms in total. The lowest BCUT2D eigenvalue weighted by Gasteiger charge is -2.24. The fourth-order valence-corrected chi connectivity index (χ4v) is 4.99. The first kappa shape index (κ1) is 31.4. The summed E-state index contributed by atoms with van der Waals surface area (Å²) in [5, 5.41) is 9.63. The summed E-state index contributed by atoms with van der Waals surface area (Å²) in [5.41, 5.74) is 3.30. The first-order valence-corrected chi connectivity index (χ1v) is 14.0. The molecule has 3 heterocycles. The van der Waals surface area contributed by atoms with Crippen LogP contribution in [0.4, 0.5) is 17.6 Å². The second-order valence-electron chi connectivity index (χ2n) is 11.4. The van der Waals surface area contributed by atoms with E-state index in [0.717, 1.165) is 23.4 Å². The van der Waals surface area contributed by atoms with Gasteiger partial charge in [0.15, 0.2) is 0 Å². The van der Waals surface area contributed by atoms with Crippen LogP contribution in [0, 0.1) is 19.7 Å². The van der Waals surface area contributed by atoms with Gasteiger partial charge in [0.25, 0.3) is 5.91 Å². The Balaban J connectivity index is 1.51. The molecule has 0 fully saturated rings. The molecule has 11 heteroatoms. The number of carbonyl (C=O) groups is 2. The van der Waals surface area contributed by atoms with Crippen LogP contribution in [-0.2, 0) is 29.5 Å². The second kappa shape index (κ2) is 11.8. The maximum absolute atomic E-state index is 14.2. The van der Waals surface area contributed by atoms with Gasteiger partial charge in [0.1, 0.15) is 17.1 Å². The van der Waals surface area contributed by atoms with Gasteiger partial charge in [0, 0.05) is 18.3 Å². The van der Waals surface area contributed by atoms with Gasteiger partial charge in [-0.25, -0.2) is 4.39 Å². The Labute approximate surface area is 256 Å². The Morgan fingerprint density at radius 1 is 0.933 bits per heavy atom. The number of aliphatic carboxylic acids is 1. The number of amides is 1. The quantitative estimate of drug-likeness (QED) is 0.178. The van der Waals surface area contributed by atoms with E-state index >= 15 is 0 Å². The number of hydrogen-bond donors (Lipinski definition) is 1. The van der Waals surface area contributed by atoms with Crippen LogP contribution in [0.2, 0.25) is 0 Å². The molecular formula is C34H29F4N3O4. The smallest absolute Gasteiger partial charge is 0.449 e. The molecule has 232 valence electrons. The molecule has 2 aromatic carbocycles. The van der Waals surface area contributed by atoms with Gasteiger partial charge in [-0.15, -0.1) is 0 Å². The third kappa shape index (κ3) is 6.43. The van der Waals surface area contributed by atoms with E-state index in [1.807, 2.05) is 24.3 Å². The van der Waals surface area contributed by atoms with Crippen molar-refractivity contribution < 1.29 is 36.7 Å². The van der Waals surface area contributed by atoms with E-state index in [9.17, 15) is 32.3 Å². The van der Waals surface area contributed by atoms with Crippen molar-refractivity contribution >= 4 is 22.9 Å². The highest BCUT2D eigenvalue weighted by Crippen LogP contribution is 2.32. The van der Waals surface area contributed by atoms with Crippen molar-refractivity contribution in [1.82, 2.24) is 14.9 Å². The fraction of sp³-hybridized carbons (Fsp3) is 0.235. The fourth-order valence-electron chi connectivity index (χ4n) is 4.99. The summed E-state index contributed by atoms with van der Waals surface area (Å²) in [6.07, 6.45) is -3.71. The number of pyridine rings is 2. The predicted molar refractivity (Wildman–Crippen MR) is 159 cm³/mol. The van der Waals surface area contributed by atoms with Crippen LogP contribution in [0.1, 0.15) is 58.1 Å². The lowest BCUT2D eigenvalue weighted by atomic mass is 9.83. The number of nitrogens with zero attached hydrogens (tertiary/aromatic N) is 3. The first-order valence-electron chi connectivity index (χ1n) is 14.0. The van der Waals surface area contributed by atoms with Crippen molar-refractivity contribution in [3.05, 3.63) is 118 Å². The maximum atomic E-state index is 14.2. The Hall–Kier alpha value is -5.06. The lowest BCUT2D eigenvalue weighted by molar-refractivity contribution is -0.153. The Kier molecular flexibility index (Phi) is 8.22. The largest absolute Gasteiger partial charge is 0.481 e. The molecule has 5 aromatic rings. The molecule has 1 amide bonds. The number of furan rings is 1. The zero-order valence-electron chi connectivity index (χ0n) is 24.9. The number of hydrogen-bond acceptors (Lipinski definition) is 5. The highest BCUT2D eigenvalue weighted by Gasteiger charge is 2.35. The molecule has 0 aliphatic heterocycles. The molecule has 45 heavy (non-hydrogen) atoms. The maximum Gasteiger partial charge on any atom is 0.449 e. The normalized spacial score (nSPS) is 12.0. The van der Waals surface area contributed by atoms with Crippen LogP contribution >= 0.6 is 0 Å². The minimum atomic E-state index is -4.69. The minimum Gasteiger partial charge on any atom is -0.481 e. The third-order valence-corrected chi connectivity index (χ3v) is 7.85. The Bertz CT molecular complexity index is 1910. The van der Waals surface area contributed by atoms with Crippen LogP contribution in [0.5, 0.6) is 0 Å². The first-order chi connectivity index (χ1) is 21.1. The number of fused-ring (bicyclic) bond motifs is 1. The van der Waals surface area contributed by atoms with E-state index in [2.05, 4.69) is 9.97 Å². The Morgan fingerprint density at radius 3 is 2.29 bits per heavy atom. The lowest BCUT2D eigenvalue weighted by Crippen LogP contribution is -2.31. The monoisotopic (exact) mass is 619 g/mol. The number of benzene rings is 2. The van der Waals surface area contributed by atoms with Gasteiger partial charge in [-0.1, -0.05) is 48.5 Å². The summed E-state index contributed by atoms with van der Waals surface area (Å²) in [7, 11) is 0. The molecule has 0 aliphatic carbocycles. The van der Waals surface area contributed by atoms with Gasteiger partial charge in [-0.05, 0) is 67.6 Å². The molecule has 0 spiro atoms. The molecule has 5 rings (SSSR count). The molecule has 1 N–H and O–H groups in total. The molecule has 0 unspecified atom stereocenters. The molecule has 0 saturated carbocycles. The van der Waals surface area contributed by atoms with Gasteiger partial charge in [0.2, 0.25) is 5.76 Å². The van der Waals surface area contributed by atoms with E-state index in [0.29, 0.717) is 22.4 Å². The molecular weight excluding hydrogens is 590 g/mol. The van der Waals surface area contributed by atoms with Crippen molar-refractivity contribution in [2.75, 3.05) is 0 Å². The molecule has 0 atom stereocenters. The molecule has 3 aromatic heterocycles. The molecule has 0 radical (unpaired) electrons. The summed E-state index contributed by atoms with van der Waals surface area (Å²) >= 11 is 0. The summed E-state index contributed by atoms with van der Waals surface area (Å²) in [5.74, 6) is -3.37. The van der Waals surface area contributed by atoms with Gasteiger partial charge < -0.3 is 14.4 Å². The highest BCUT2D eigenvalue weighted by molar-refractivity contribution is 6.06. The zero-order valence-corrected chi connectivity index (χ0v) is 24.9. The van der Waals surface area contributed by atoms with Crippen molar-refractivity contribution in [3.63, 3.8) is 0 Å². The SMILES string of the molecule is Cc1nc2cc(F)cnc2c(C(=O)N(Cc2ccc(-c3cccc(C(C)(C)C(=O)O)c3)cc2)Cc2ccc(C(F)(F)F)o2)c1C. The van der Waals surface area contributed by atoms with Gasteiger partial charge in [0.05, 0.1) is 29.2 Å². The number of rotatable bonds is 8. The van der Waals surface area contributed by atoms with E-state index in [4.69, 9.17) is 4.42 Å². The van der Waals surface area contributed by atoms with Gasteiger partial charge in [-0.3, -0.25) is 19.6 Å². The minimum absolute atomic E-state index is 0.00323. The number of alkyl halides is 3. The average molecular weight is 620 g/mol. The van der Waals surface area contributed by atoms with Crippen molar-refractivity contribution in [1.29, 1.82) is 0 Å². The van der Waals surface area contributed by atoms with Crippen LogP contribution in [-0.4, -0.2) is 31.9 Å². The summed E-state index contributed by atoms with van der Waals surface area (Å²) in [4.78, 5) is 35.7. The molecule has 0 aliphatic rings. The molecule has 0 saturated heterocycles. The van der Waals surface area contributed by atoms with Gasteiger partial charge in [-0.2, -0.15) is 13.2 Å². The number of carbonyl (C=O) groups excluding carboxylic acids is 1. The Morgan fingerprint density at radius 2 is 1.64 bits per heavy atom. The van der Waals surface area contributed by atoms with Crippen LogP contribution < -0.4 is 0 Å². The van der Waals surface area contributed by atoms with E-state index in [-0.39, 0.29) is 35.4 Å². The van der Waals surface area contributed by atoms with Crippen molar-refractivity contribution in [3.8, 4) is 11.1 Å². The summed E-state index contributed by atoms with van der Waals surface area (Å²) in [6, 6.07) is 17.6. The number of carboxylic acids is 1. The van der Waals surface area contributed by atoms with Crippen LogP contribution in [0.15, 0.2) is 77.3 Å². The third-order valence-electron chi connectivity index (χ3n) is 7.85. The van der Waals surface area contributed by atoms with E-state index in [1.165, 1.54) is 17.0 Å². The second-order valence-corrected chi connectivity index (χ2v) is 11.4. The van der Waals surface area contributed by atoms with E-state index < -0.39 is 35.0 Å².